The largest absolute Gasteiger partial charge is 0.447 e. The monoisotopic (exact) mass is 333 g/mol. The van der Waals surface area contributed by atoms with Crippen LogP contribution in [0.5, 0.6) is 0 Å². The summed E-state index contributed by atoms with van der Waals surface area (Å²) in [6.45, 7) is 10.6. The van der Waals surface area contributed by atoms with E-state index in [1.54, 1.807) is 13.0 Å². The van der Waals surface area contributed by atoms with Crippen LogP contribution in [0.15, 0.2) is 24.8 Å². The van der Waals surface area contributed by atoms with Gasteiger partial charge < -0.3 is 4.74 Å². The Morgan fingerprint density at radius 2 is 1.58 bits per heavy atom. The summed E-state index contributed by atoms with van der Waals surface area (Å²) in [6, 6.07) is 1.64. The fraction of sp³-hybridized carbons (Fsp3) is 0.650. The Balaban J connectivity index is 4.24. The van der Waals surface area contributed by atoms with Crippen molar-refractivity contribution in [3.05, 3.63) is 24.8 Å². The van der Waals surface area contributed by atoms with E-state index in [4.69, 9.17) is 10.00 Å². The second-order valence-corrected chi connectivity index (χ2v) is 6.36. The highest BCUT2D eigenvalue weighted by molar-refractivity contribution is 6.00. The third-order valence-corrected chi connectivity index (χ3v) is 4.16. The molecule has 0 aromatic carbocycles. The van der Waals surface area contributed by atoms with E-state index < -0.39 is 11.6 Å². The number of hydrogen-bond donors (Lipinski definition) is 0. The van der Waals surface area contributed by atoms with Gasteiger partial charge in [-0.3, -0.25) is 4.79 Å². The summed E-state index contributed by atoms with van der Waals surface area (Å²) >= 11 is 0. The Morgan fingerprint density at radius 1 is 1.08 bits per heavy atom. The molecule has 4 heteroatoms. The minimum Gasteiger partial charge on any atom is -0.447 e. The molecule has 0 bridgehead atoms. The molecule has 24 heavy (non-hydrogen) atoms. The maximum Gasteiger partial charge on any atom is 0.349 e. The van der Waals surface area contributed by atoms with Crippen molar-refractivity contribution in [3.8, 4) is 6.07 Å². The fourth-order valence-electron chi connectivity index (χ4n) is 2.53. The summed E-state index contributed by atoms with van der Waals surface area (Å²) in [5.41, 5.74) is -1.56. The lowest BCUT2D eigenvalue weighted by Crippen LogP contribution is -2.39. The van der Waals surface area contributed by atoms with Gasteiger partial charge in [-0.15, -0.1) is 0 Å². The van der Waals surface area contributed by atoms with Crippen LogP contribution < -0.4 is 0 Å². The van der Waals surface area contributed by atoms with E-state index in [0.717, 1.165) is 25.3 Å². The average molecular weight is 333 g/mol. The third-order valence-electron chi connectivity index (χ3n) is 4.16. The van der Waals surface area contributed by atoms with Crippen molar-refractivity contribution in [1.29, 1.82) is 5.26 Å². The van der Waals surface area contributed by atoms with Crippen LogP contribution in [0, 0.1) is 11.3 Å². The van der Waals surface area contributed by atoms with Crippen molar-refractivity contribution >= 4 is 11.8 Å². The molecule has 0 rings (SSSR count). The second kappa shape index (κ2) is 12.5. The quantitative estimate of drug-likeness (QED) is 0.193. The van der Waals surface area contributed by atoms with Gasteiger partial charge >= 0.3 is 5.97 Å². The maximum absolute atomic E-state index is 12.0. The number of rotatable bonds is 14. The molecule has 0 saturated carbocycles. The lowest BCUT2D eigenvalue weighted by molar-refractivity contribution is -0.160. The predicted molar refractivity (Wildman–Crippen MR) is 96.3 cm³/mol. The van der Waals surface area contributed by atoms with E-state index in [9.17, 15) is 9.59 Å². The van der Waals surface area contributed by atoms with Gasteiger partial charge in [0.25, 0.3) is 0 Å². The van der Waals surface area contributed by atoms with Crippen LogP contribution in [-0.2, 0) is 14.3 Å². The number of hydrogen-bond acceptors (Lipinski definition) is 4. The number of nitrogens with zero attached hydrogens (tertiary/aromatic N) is 1. The van der Waals surface area contributed by atoms with E-state index in [0.29, 0.717) is 6.42 Å². The molecule has 0 aromatic heterocycles. The molecule has 1 unspecified atom stereocenters. The van der Waals surface area contributed by atoms with Crippen LogP contribution in [0.25, 0.3) is 0 Å². The average Bonchev–Trinajstić information content (AvgIpc) is 2.58. The summed E-state index contributed by atoms with van der Waals surface area (Å²) < 4.78 is 5.23. The Hall–Kier alpha value is -1.89. The zero-order valence-electron chi connectivity index (χ0n) is 15.2. The molecule has 0 saturated heterocycles. The Bertz CT molecular complexity index is 476. The van der Waals surface area contributed by atoms with Crippen molar-refractivity contribution in [2.45, 2.75) is 83.7 Å². The molecule has 0 aliphatic rings. The highest BCUT2D eigenvalue weighted by atomic mass is 16.6. The molecular formula is C20H31NO3. The molecule has 1 atom stereocenters. The van der Waals surface area contributed by atoms with Crippen molar-refractivity contribution < 1.29 is 14.3 Å². The standard InChI is InChI=1S/C20H31NO3/c1-5-7-8-9-10-11-12-13-14-15-20(4,18(22)6-2)24-19(23)17(3)16-21/h6H,2-3,5,7-15H2,1,4H3. The van der Waals surface area contributed by atoms with E-state index in [2.05, 4.69) is 20.1 Å². The minimum absolute atomic E-state index is 0.301. The number of esters is 1. The van der Waals surface area contributed by atoms with Crippen LogP contribution in [0.1, 0.15) is 78.1 Å². The van der Waals surface area contributed by atoms with Gasteiger partial charge in [0.1, 0.15) is 11.6 Å². The summed E-state index contributed by atoms with van der Waals surface area (Å²) in [5, 5.41) is 8.69. The summed E-state index contributed by atoms with van der Waals surface area (Å²) in [7, 11) is 0. The van der Waals surface area contributed by atoms with Gasteiger partial charge in [0.2, 0.25) is 0 Å². The molecule has 0 spiro atoms. The Morgan fingerprint density at radius 3 is 2.04 bits per heavy atom. The molecule has 0 aliphatic carbocycles. The van der Waals surface area contributed by atoms with Crippen LogP contribution >= 0.6 is 0 Å². The van der Waals surface area contributed by atoms with Crippen LogP contribution in [0.4, 0.5) is 0 Å². The van der Waals surface area contributed by atoms with E-state index in [-0.39, 0.29) is 11.4 Å². The molecule has 134 valence electrons. The number of nitriles is 1. The van der Waals surface area contributed by atoms with Gasteiger partial charge in [0.15, 0.2) is 11.4 Å². The summed E-state index contributed by atoms with van der Waals surface area (Å²) in [4.78, 5) is 23.8. The lowest BCUT2D eigenvalue weighted by Gasteiger charge is -2.26. The predicted octanol–water partition coefficient (Wildman–Crippen LogP) is 5.04. The first-order chi connectivity index (χ1) is 11.4. The Labute approximate surface area is 146 Å². The molecule has 4 nitrogen and oxygen atoms in total. The number of ether oxygens (including phenoxy) is 1. The second-order valence-electron chi connectivity index (χ2n) is 6.36. The van der Waals surface area contributed by atoms with Crippen molar-refractivity contribution in [3.63, 3.8) is 0 Å². The molecular weight excluding hydrogens is 302 g/mol. The number of carbonyl (C=O) groups excluding carboxylic acids is 2. The number of carbonyl (C=O) groups is 2. The van der Waals surface area contributed by atoms with Crippen molar-refractivity contribution in [2.24, 2.45) is 0 Å². The van der Waals surface area contributed by atoms with Crippen LogP contribution in [0.3, 0.4) is 0 Å². The maximum atomic E-state index is 12.0. The Kier molecular flexibility index (Phi) is 11.5. The zero-order valence-corrected chi connectivity index (χ0v) is 15.2. The van der Waals surface area contributed by atoms with Crippen LogP contribution in [-0.4, -0.2) is 17.4 Å². The first-order valence-electron chi connectivity index (χ1n) is 8.90. The highest BCUT2D eigenvalue weighted by Crippen LogP contribution is 2.23. The molecule has 0 amide bonds. The zero-order chi connectivity index (χ0) is 18.4. The molecule has 0 radical (unpaired) electrons. The van der Waals surface area contributed by atoms with Gasteiger partial charge in [-0.25, -0.2) is 4.79 Å². The first-order valence-corrected chi connectivity index (χ1v) is 8.90. The van der Waals surface area contributed by atoms with Gasteiger partial charge in [0, 0.05) is 0 Å². The van der Waals surface area contributed by atoms with E-state index in [1.807, 2.05) is 0 Å². The van der Waals surface area contributed by atoms with Crippen molar-refractivity contribution in [2.75, 3.05) is 0 Å². The fourth-order valence-corrected chi connectivity index (χ4v) is 2.53. The normalized spacial score (nSPS) is 12.7. The summed E-state index contributed by atoms with van der Waals surface area (Å²) in [6.07, 6.45) is 12.1. The SMILES string of the molecule is C=CC(=O)C(C)(CCCCCCCCCCC)OC(=O)C(=C)C#N. The minimum atomic E-state index is -1.26. The van der Waals surface area contributed by atoms with Gasteiger partial charge in [-0.1, -0.05) is 71.4 Å². The summed E-state index contributed by atoms with van der Waals surface area (Å²) in [5.74, 6) is -1.19. The molecule has 0 heterocycles. The highest BCUT2D eigenvalue weighted by Gasteiger charge is 2.35. The van der Waals surface area contributed by atoms with E-state index >= 15 is 0 Å². The van der Waals surface area contributed by atoms with Crippen molar-refractivity contribution in [1.82, 2.24) is 0 Å². The van der Waals surface area contributed by atoms with E-state index in [1.165, 1.54) is 38.5 Å². The molecule has 0 aliphatic heterocycles. The lowest BCUT2D eigenvalue weighted by atomic mass is 9.92. The number of unbranched alkanes of at least 4 members (excludes halogenated alkanes) is 8. The van der Waals surface area contributed by atoms with Gasteiger partial charge in [-0.2, -0.15) is 5.26 Å². The smallest absolute Gasteiger partial charge is 0.349 e. The third kappa shape index (κ3) is 8.67. The molecule has 0 aromatic rings. The van der Waals surface area contributed by atoms with Gasteiger partial charge in [0.05, 0.1) is 0 Å². The molecule has 0 N–H and O–H groups in total. The van der Waals surface area contributed by atoms with Crippen LogP contribution in [0.2, 0.25) is 0 Å². The van der Waals surface area contributed by atoms with Gasteiger partial charge in [-0.05, 0) is 25.8 Å². The number of ketones is 1. The first kappa shape index (κ1) is 22.1. The molecule has 0 fully saturated rings. The topological polar surface area (TPSA) is 67.2 Å².